The Balaban J connectivity index is 2.22. The second-order valence-electron chi connectivity index (χ2n) is 4.36. The Bertz CT molecular complexity index is 506. The third-order valence-electron chi connectivity index (χ3n) is 3.09. The van der Waals surface area contributed by atoms with Gasteiger partial charge in [0.05, 0.1) is 18.4 Å². The Morgan fingerprint density at radius 2 is 2.40 bits per heavy atom. The van der Waals surface area contributed by atoms with Gasteiger partial charge in [0.1, 0.15) is 11.8 Å². The van der Waals surface area contributed by atoms with Crippen LogP contribution in [0.3, 0.4) is 0 Å². The molecule has 0 saturated carbocycles. The summed E-state index contributed by atoms with van der Waals surface area (Å²) in [7, 11) is 0. The standard InChI is InChI=1S/C13H17N3O4/c1-2-20-13(19)10-7-15-5-6-16(10)12(18)9-3-4-14-8-11(9)17/h3-4,8,10,15,17H,2,5-7H2,1H3. The maximum atomic E-state index is 12.4. The van der Waals surface area contributed by atoms with Gasteiger partial charge < -0.3 is 20.1 Å². The van der Waals surface area contributed by atoms with Crippen molar-refractivity contribution in [1.29, 1.82) is 0 Å². The largest absolute Gasteiger partial charge is 0.505 e. The van der Waals surface area contributed by atoms with E-state index in [-0.39, 0.29) is 17.9 Å². The lowest BCUT2D eigenvalue weighted by atomic mass is 10.1. The van der Waals surface area contributed by atoms with Crippen molar-refractivity contribution in [3.8, 4) is 5.75 Å². The first-order chi connectivity index (χ1) is 9.65. The van der Waals surface area contributed by atoms with Gasteiger partial charge in [-0.2, -0.15) is 0 Å². The van der Waals surface area contributed by atoms with Crippen molar-refractivity contribution in [2.45, 2.75) is 13.0 Å². The number of aromatic hydroxyl groups is 1. The van der Waals surface area contributed by atoms with Gasteiger partial charge in [-0.05, 0) is 13.0 Å². The number of piperazine rings is 1. The number of amides is 1. The van der Waals surface area contributed by atoms with E-state index in [2.05, 4.69) is 10.3 Å². The average Bonchev–Trinajstić information content (AvgIpc) is 2.47. The minimum atomic E-state index is -0.677. The van der Waals surface area contributed by atoms with Gasteiger partial charge in [-0.15, -0.1) is 0 Å². The number of hydrogen-bond donors (Lipinski definition) is 2. The van der Waals surface area contributed by atoms with Crippen LogP contribution in [0.15, 0.2) is 18.5 Å². The van der Waals surface area contributed by atoms with E-state index in [0.29, 0.717) is 19.6 Å². The van der Waals surface area contributed by atoms with Gasteiger partial charge >= 0.3 is 5.97 Å². The summed E-state index contributed by atoms with van der Waals surface area (Å²) in [5, 5.41) is 12.8. The van der Waals surface area contributed by atoms with Crippen LogP contribution in [-0.2, 0) is 9.53 Å². The average molecular weight is 279 g/mol. The van der Waals surface area contributed by atoms with Crippen LogP contribution in [-0.4, -0.2) is 59.1 Å². The highest BCUT2D eigenvalue weighted by Gasteiger charge is 2.34. The minimum absolute atomic E-state index is 0.135. The molecule has 1 aliphatic heterocycles. The molecule has 1 aromatic heterocycles. The van der Waals surface area contributed by atoms with Crippen molar-refractivity contribution < 1.29 is 19.4 Å². The Kier molecular flexibility index (Phi) is 4.52. The molecule has 1 aliphatic rings. The van der Waals surface area contributed by atoms with Gasteiger partial charge in [-0.1, -0.05) is 0 Å². The molecule has 0 radical (unpaired) electrons. The Morgan fingerprint density at radius 3 is 3.10 bits per heavy atom. The van der Waals surface area contributed by atoms with Crippen LogP contribution in [0.5, 0.6) is 5.75 Å². The van der Waals surface area contributed by atoms with Crippen LogP contribution in [0.25, 0.3) is 0 Å². The molecule has 0 aromatic carbocycles. The van der Waals surface area contributed by atoms with E-state index >= 15 is 0 Å². The first kappa shape index (κ1) is 14.3. The van der Waals surface area contributed by atoms with Crippen molar-refractivity contribution in [1.82, 2.24) is 15.2 Å². The molecule has 1 atom stereocenters. The molecular formula is C13H17N3O4. The van der Waals surface area contributed by atoms with E-state index in [1.807, 2.05) is 0 Å². The lowest BCUT2D eigenvalue weighted by Gasteiger charge is -2.34. The molecular weight excluding hydrogens is 262 g/mol. The van der Waals surface area contributed by atoms with E-state index in [0.717, 1.165) is 0 Å². The molecule has 7 nitrogen and oxygen atoms in total. The molecule has 108 valence electrons. The normalized spacial score (nSPS) is 18.6. The molecule has 20 heavy (non-hydrogen) atoms. The fourth-order valence-corrected chi connectivity index (χ4v) is 2.12. The smallest absolute Gasteiger partial charge is 0.330 e. The van der Waals surface area contributed by atoms with E-state index in [4.69, 9.17) is 4.74 Å². The van der Waals surface area contributed by atoms with Crippen LogP contribution in [0.2, 0.25) is 0 Å². The van der Waals surface area contributed by atoms with Crippen LogP contribution >= 0.6 is 0 Å². The number of nitrogens with zero attached hydrogens (tertiary/aromatic N) is 2. The SMILES string of the molecule is CCOC(=O)C1CNCCN1C(=O)c1ccncc1O. The summed E-state index contributed by atoms with van der Waals surface area (Å²) in [6.45, 7) is 3.29. The molecule has 2 N–H and O–H groups in total. The molecule has 1 amide bonds. The Morgan fingerprint density at radius 1 is 1.60 bits per heavy atom. The number of pyridine rings is 1. The quantitative estimate of drug-likeness (QED) is 0.742. The number of carbonyl (C=O) groups excluding carboxylic acids is 2. The molecule has 2 rings (SSSR count). The summed E-state index contributed by atoms with van der Waals surface area (Å²) >= 11 is 0. The number of esters is 1. The summed E-state index contributed by atoms with van der Waals surface area (Å²) in [5.74, 6) is -1.04. The van der Waals surface area contributed by atoms with Crippen molar-refractivity contribution >= 4 is 11.9 Å². The first-order valence-electron chi connectivity index (χ1n) is 6.46. The third-order valence-corrected chi connectivity index (χ3v) is 3.09. The maximum Gasteiger partial charge on any atom is 0.330 e. The number of carbonyl (C=O) groups is 2. The Labute approximate surface area is 116 Å². The van der Waals surface area contributed by atoms with Gasteiger partial charge in [0, 0.05) is 25.8 Å². The molecule has 0 aliphatic carbocycles. The molecule has 1 saturated heterocycles. The lowest BCUT2D eigenvalue weighted by Crippen LogP contribution is -2.57. The predicted octanol–water partition coefficient (Wildman–Crippen LogP) is -0.236. The monoisotopic (exact) mass is 279 g/mol. The van der Waals surface area contributed by atoms with Gasteiger partial charge in [0.15, 0.2) is 0 Å². The highest BCUT2D eigenvalue weighted by atomic mass is 16.5. The third kappa shape index (κ3) is 2.88. The van der Waals surface area contributed by atoms with E-state index in [9.17, 15) is 14.7 Å². The summed E-state index contributed by atoms with van der Waals surface area (Å²) in [6.07, 6.45) is 2.63. The predicted molar refractivity (Wildman–Crippen MR) is 70.2 cm³/mol. The van der Waals surface area contributed by atoms with Crippen molar-refractivity contribution in [3.05, 3.63) is 24.0 Å². The fraction of sp³-hybridized carbons (Fsp3) is 0.462. The van der Waals surface area contributed by atoms with Crippen molar-refractivity contribution in [3.63, 3.8) is 0 Å². The van der Waals surface area contributed by atoms with E-state index in [1.165, 1.54) is 23.4 Å². The topological polar surface area (TPSA) is 91.8 Å². The van der Waals surface area contributed by atoms with Gasteiger partial charge in [0.25, 0.3) is 5.91 Å². The summed E-state index contributed by atoms with van der Waals surface area (Å²) < 4.78 is 4.98. The number of ether oxygens (including phenoxy) is 1. The second-order valence-corrected chi connectivity index (χ2v) is 4.36. The minimum Gasteiger partial charge on any atom is -0.505 e. The Hall–Kier alpha value is -2.15. The summed E-state index contributed by atoms with van der Waals surface area (Å²) in [5.41, 5.74) is 0.135. The number of nitrogens with one attached hydrogen (secondary N) is 1. The molecule has 1 unspecified atom stereocenters. The lowest BCUT2D eigenvalue weighted by molar-refractivity contribution is -0.149. The molecule has 1 aromatic rings. The highest BCUT2D eigenvalue weighted by molar-refractivity contribution is 5.99. The highest BCUT2D eigenvalue weighted by Crippen LogP contribution is 2.19. The van der Waals surface area contributed by atoms with E-state index < -0.39 is 17.9 Å². The van der Waals surface area contributed by atoms with Crippen LogP contribution in [0.4, 0.5) is 0 Å². The van der Waals surface area contributed by atoms with Gasteiger partial charge in [0.2, 0.25) is 0 Å². The zero-order chi connectivity index (χ0) is 14.5. The summed E-state index contributed by atoms with van der Waals surface area (Å²) in [6, 6.07) is 0.755. The van der Waals surface area contributed by atoms with Crippen LogP contribution < -0.4 is 5.32 Å². The van der Waals surface area contributed by atoms with Crippen LogP contribution in [0, 0.1) is 0 Å². The number of aromatic nitrogens is 1. The fourth-order valence-electron chi connectivity index (χ4n) is 2.12. The maximum absolute atomic E-state index is 12.4. The molecule has 7 heteroatoms. The van der Waals surface area contributed by atoms with Gasteiger partial charge in [-0.3, -0.25) is 9.78 Å². The van der Waals surface area contributed by atoms with Gasteiger partial charge in [-0.25, -0.2) is 4.79 Å². The zero-order valence-electron chi connectivity index (χ0n) is 11.2. The zero-order valence-corrected chi connectivity index (χ0v) is 11.2. The number of hydrogen-bond acceptors (Lipinski definition) is 6. The summed E-state index contributed by atoms with van der Waals surface area (Å²) in [4.78, 5) is 29.5. The molecule has 0 bridgehead atoms. The second kappa shape index (κ2) is 6.33. The number of rotatable bonds is 3. The molecule has 2 heterocycles. The molecule has 1 fully saturated rings. The van der Waals surface area contributed by atoms with E-state index in [1.54, 1.807) is 6.92 Å². The van der Waals surface area contributed by atoms with Crippen molar-refractivity contribution in [2.75, 3.05) is 26.2 Å². The first-order valence-corrected chi connectivity index (χ1v) is 6.46. The molecule has 0 spiro atoms. The van der Waals surface area contributed by atoms with Crippen molar-refractivity contribution in [2.24, 2.45) is 0 Å². The van der Waals surface area contributed by atoms with Crippen LogP contribution in [0.1, 0.15) is 17.3 Å².